The molecule has 8 heteroatoms. The van der Waals surface area contributed by atoms with Gasteiger partial charge < -0.3 is 15.2 Å². The first kappa shape index (κ1) is 17.2. The minimum absolute atomic E-state index is 0. The van der Waals surface area contributed by atoms with Gasteiger partial charge in [-0.15, -0.1) is 0 Å². The van der Waals surface area contributed by atoms with Gasteiger partial charge in [-0.1, -0.05) is 12.5 Å². The van der Waals surface area contributed by atoms with Crippen LogP contribution < -0.4 is 5.32 Å². The molecular formula is C11H20N4O4. The lowest BCUT2D eigenvalue weighted by Crippen LogP contribution is -2.37. The number of hydrogen-bond donors (Lipinski definition) is 2. The quantitative estimate of drug-likeness (QED) is 0.335. The predicted molar refractivity (Wildman–Crippen MR) is 68.1 cm³/mol. The van der Waals surface area contributed by atoms with E-state index in [0.29, 0.717) is 32.2 Å². The zero-order valence-electron chi connectivity index (χ0n) is 9.91. The Morgan fingerprint density at radius 3 is 2.58 bits per heavy atom. The Kier molecular flexibility index (Phi) is 8.32. The fraction of sp³-hybridized carbons (Fsp3) is 0.818. The topological polar surface area (TPSA) is 124 Å². The predicted octanol–water partition coefficient (Wildman–Crippen LogP) is 0.896. The van der Waals surface area contributed by atoms with Crippen LogP contribution in [0.4, 0.5) is 0 Å². The summed E-state index contributed by atoms with van der Waals surface area (Å²) in [5, 5.41) is 14.6. The van der Waals surface area contributed by atoms with Crippen LogP contribution in [0.3, 0.4) is 0 Å². The molecule has 0 spiro atoms. The summed E-state index contributed by atoms with van der Waals surface area (Å²) in [7, 11) is 0. The second-order valence-electron chi connectivity index (χ2n) is 4.06. The first-order chi connectivity index (χ1) is 8.61. The van der Waals surface area contributed by atoms with E-state index in [2.05, 4.69) is 15.3 Å². The summed E-state index contributed by atoms with van der Waals surface area (Å²) < 4.78 is 4.76. The van der Waals surface area contributed by atoms with Crippen molar-refractivity contribution in [2.24, 2.45) is 5.11 Å². The second-order valence-corrected chi connectivity index (χ2v) is 4.06. The van der Waals surface area contributed by atoms with E-state index in [1.54, 1.807) is 0 Å². The molecule has 2 saturated heterocycles. The van der Waals surface area contributed by atoms with Crippen LogP contribution in [0, 0.1) is 0 Å². The van der Waals surface area contributed by atoms with Crippen molar-refractivity contribution in [3.63, 3.8) is 0 Å². The number of carbonyl (C=O) groups is 2. The fourth-order valence-corrected chi connectivity index (χ4v) is 1.56. The third-order valence-corrected chi connectivity index (χ3v) is 2.56. The molecule has 0 aliphatic carbocycles. The van der Waals surface area contributed by atoms with E-state index in [4.69, 9.17) is 15.4 Å². The molecule has 0 bridgehead atoms. The SMILES string of the molecule is C.O=C1CCC(O)CN1.[N-]=[N+]=NCC1CCC(=O)O1. The van der Waals surface area contributed by atoms with Gasteiger partial charge in [-0.2, -0.15) is 0 Å². The highest BCUT2D eigenvalue weighted by atomic mass is 16.5. The zero-order valence-corrected chi connectivity index (χ0v) is 9.91. The first-order valence-corrected chi connectivity index (χ1v) is 5.77. The van der Waals surface area contributed by atoms with E-state index >= 15 is 0 Å². The van der Waals surface area contributed by atoms with Gasteiger partial charge in [0.25, 0.3) is 0 Å². The van der Waals surface area contributed by atoms with Gasteiger partial charge in [0, 0.05) is 24.3 Å². The van der Waals surface area contributed by atoms with Gasteiger partial charge in [0.2, 0.25) is 5.91 Å². The summed E-state index contributed by atoms with van der Waals surface area (Å²) in [6.07, 6.45) is 1.73. The number of esters is 1. The lowest BCUT2D eigenvalue weighted by Gasteiger charge is -2.16. The van der Waals surface area contributed by atoms with Crippen LogP contribution in [0.5, 0.6) is 0 Å². The molecule has 0 radical (unpaired) electrons. The van der Waals surface area contributed by atoms with E-state index in [1.165, 1.54) is 0 Å². The van der Waals surface area contributed by atoms with Crippen molar-refractivity contribution < 1.29 is 19.4 Å². The number of amides is 1. The first-order valence-electron chi connectivity index (χ1n) is 5.77. The van der Waals surface area contributed by atoms with E-state index in [1.807, 2.05) is 0 Å². The third-order valence-electron chi connectivity index (χ3n) is 2.56. The average Bonchev–Trinajstić information content (AvgIpc) is 2.77. The van der Waals surface area contributed by atoms with Crippen LogP contribution in [0.1, 0.15) is 33.1 Å². The fourth-order valence-electron chi connectivity index (χ4n) is 1.56. The molecule has 2 fully saturated rings. The highest BCUT2D eigenvalue weighted by Gasteiger charge is 2.21. The highest BCUT2D eigenvalue weighted by molar-refractivity contribution is 5.76. The summed E-state index contributed by atoms with van der Waals surface area (Å²) in [6.45, 7) is 0.696. The molecule has 2 atom stereocenters. The van der Waals surface area contributed by atoms with Crippen LogP contribution in [0.2, 0.25) is 0 Å². The highest BCUT2D eigenvalue weighted by Crippen LogP contribution is 2.13. The van der Waals surface area contributed by atoms with Crippen molar-refractivity contribution in [2.75, 3.05) is 13.1 Å². The monoisotopic (exact) mass is 272 g/mol. The minimum Gasteiger partial charge on any atom is -0.462 e. The Morgan fingerprint density at radius 1 is 1.42 bits per heavy atom. The molecule has 2 unspecified atom stereocenters. The largest absolute Gasteiger partial charge is 0.462 e. The maximum absolute atomic E-state index is 10.5. The number of rotatable bonds is 2. The molecule has 108 valence electrons. The molecule has 1 amide bonds. The lowest BCUT2D eigenvalue weighted by atomic mass is 10.1. The van der Waals surface area contributed by atoms with Crippen LogP contribution in [-0.2, 0) is 14.3 Å². The number of β-amino-alcohol motifs (C(OH)–C–C–N with tert-alkyl or cyclic N) is 1. The number of aliphatic hydroxyl groups excluding tert-OH is 1. The Hall–Kier alpha value is -1.79. The van der Waals surface area contributed by atoms with Gasteiger partial charge in [0.05, 0.1) is 12.6 Å². The summed E-state index contributed by atoms with van der Waals surface area (Å²) in [6, 6.07) is 0. The minimum atomic E-state index is -0.312. The number of nitrogens with zero attached hydrogens (tertiary/aromatic N) is 3. The normalized spacial score (nSPS) is 24.9. The van der Waals surface area contributed by atoms with Gasteiger partial charge >= 0.3 is 5.97 Å². The molecule has 0 aromatic carbocycles. The third kappa shape index (κ3) is 7.28. The maximum Gasteiger partial charge on any atom is 0.306 e. The van der Waals surface area contributed by atoms with Crippen molar-refractivity contribution in [3.05, 3.63) is 10.4 Å². The number of nitrogens with one attached hydrogen (secondary N) is 1. The number of cyclic esters (lactones) is 1. The summed E-state index contributed by atoms with van der Waals surface area (Å²) in [5.74, 6) is -0.145. The average molecular weight is 272 g/mol. The number of azide groups is 1. The van der Waals surface area contributed by atoms with Gasteiger partial charge in [0.1, 0.15) is 6.10 Å². The number of ether oxygens (including phenoxy) is 1. The van der Waals surface area contributed by atoms with Gasteiger partial charge in [0.15, 0.2) is 0 Å². The van der Waals surface area contributed by atoms with E-state index in [9.17, 15) is 9.59 Å². The van der Waals surface area contributed by atoms with Crippen LogP contribution in [-0.4, -0.2) is 42.3 Å². The Balaban J connectivity index is 0.000000331. The van der Waals surface area contributed by atoms with E-state index in [-0.39, 0.29) is 38.1 Å². The summed E-state index contributed by atoms with van der Waals surface area (Å²) >= 11 is 0. The summed E-state index contributed by atoms with van der Waals surface area (Å²) in [5.41, 5.74) is 7.91. The van der Waals surface area contributed by atoms with Crippen molar-refractivity contribution in [3.8, 4) is 0 Å². The lowest BCUT2D eigenvalue weighted by molar-refractivity contribution is -0.141. The molecule has 2 heterocycles. The second kappa shape index (κ2) is 9.18. The number of hydrogen-bond acceptors (Lipinski definition) is 5. The van der Waals surface area contributed by atoms with Crippen LogP contribution in [0.15, 0.2) is 5.11 Å². The number of piperidine rings is 1. The van der Waals surface area contributed by atoms with Crippen molar-refractivity contribution >= 4 is 11.9 Å². The Labute approximate surface area is 111 Å². The van der Waals surface area contributed by atoms with Crippen molar-refractivity contribution in [2.45, 2.75) is 45.3 Å². The molecular weight excluding hydrogens is 252 g/mol. The smallest absolute Gasteiger partial charge is 0.306 e. The molecule has 0 saturated carbocycles. The standard InChI is InChI=1S/C5H7N3O2.C5H9NO2.CH4/c6-8-7-3-4-1-2-5(9)10-4;7-4-1-2-5(8)6-3-4;/h4H,1-3H2;4,7H,1-3H2,(H,6,8);1H4. The van der Waals surface area contributed by atoms with Gasteiger partial charge in [-0.05, 0) is 18.4 Å². The van der Waals surface area contributed by atoms with Crippen LogP contribution >= 0.6 is 0 Å². The number of carbonyl (C=O) groups excluding carboxylic acids is 2. The van der Waals surface area contributed by atoms with Gasteiger partial charge in [-0.3, -0.25) is 9.59 Å². The van der Waals surface area contributed by atoms with E-state index < -0.39 is 0 Å². The van der Waals surface area contributed by atoms with Crippen molar-refractivity contribution in [1.29, 1.82) is 0 Å². The Bertz CT molecular complexity index is 345. The Morgan fingerprint density at radius 2 is 2.16 bits per heavy atom. The zero-order chi connectivity index (χ0) is 13.4. The molecule has 0 aromatic rings. The molecule has 0 aromatic heterocycles. The molecule has 2 rings (SSSR count). The van der Waals surface area contributed by atoms with Crippen LogP contribution in [0.25, 0.3) is 10.4 Å². The van der Waals surface area contributed by atoms with Gasteiger partial charge in [-0.25, -0.2) is 0 Å². The number of aliphatic hydroxyl groups is 1. The molecule has 8 nitrogen and oxygen atoms in total. The molecule has 2 N–H and O–H groups in total. The molecule has 2 aliphatic rings. The van der Waals surface area contributed by atoms with Crippen molar-refractivity contribution in [1.82, 2.24) is 5.32 Å². The van der Waals surface area contributed by atoms with E-state index in [0.717, 1.165) is 0 Å². The summed E-state index contributed by atoms with van der Waals surface area (Å²) in [4.78, 5) is 23.4. The molecule has 2 aliphatic heterocycles. The molecule has 19 heavy (non-hydrogen) atoms. The maximum atomic E-state index is 10.5.